The molecule has 30 heavy (non-hydrogen) atoms. The van der Waals surface area contributed by atoms with Crippen molar-refractivity contribution in [1.82, 2.24) is 10.6 Å². The van der Waals surface area contributed by atoms with E-state index < -0.39 is 60.5 Å². The zero-order valence-corrected chi connectivity index (χ0v) is 14.4. The normalized spacial score (nSPS) is 19.4. The Morgan fingerprint density at radius 2 is 0.900 bits per heavy atom. The van der Waals surface area contributed by atoms with Crippen LogP contribution in [-0.2, 0) is 0 Å². The Balaban J connectivity index is 6.36. The molecule has 0 saturated carbocycles. The quantitative estimate of drug-likeness (QED) is 0.331. The summed E-state index contributed by atoms with van der Waals surface area (Å²) >= 11 is 0. The molecule has 0 aromatic heterocycles. The maximum absolute atomic E-state index is 13.4. The largest absolute Gasteiger partial charge is 0.392 e. The summed E-state index contributed by atoms with van der Waals surface area (Å²) in [5.41, 5.74) is 0. The van der Waals surface area contributed by atoms with Crippen LogP contribution < -0.4 is 10.6 Å². The van der Waals surface area contributed by atoms with Gasteiger partial charge in [-0.3, -0.25) is 10.6 Å². The number of nitrogens with one attached hydrogen (secondary N) is 2. The van der Waals surface area contributed by atoms with Crippen molar-refractivity contribution >= 4 is 0 Å². The van der Waals surface area contributed by atoms with Crippen LogP contribution in [0.5, 0.6) is 0 Å². The molecule has 0 rings (SSSR count). The topological polar surface area (TPSA) is 24.1 Å². The highest BCUT2D eigenvalue weighted by Gasteiger charge is 2.91. The van der Waals surface area contributed by atoms with Crippen LogP contribution in [0.25, 0.3) is 0 Å². The van der Waals surface area contributed by atoms with E-state index in [-0.39, 0.29) is 12.4 Å². The summed E-state index contributed by atoms with van der Waals surface area (Å²) < 4.78 is 212. The van der Waals surface area contributed by atoms with E-state index in [0.29, 0.717) is 7.05 Å². The van der Waals surface area contributed by atoms with Crippen molar-refractivity contribution in [3.63, 3.8) is 0 Å². The Kier molecular flexibility index (Phi) is 8.05. The molecule has 0 aliphatic heterocycles. The molecule has 0 saturated heterocycles. The minimum absolute atomic E-state index is 0.0635. The van der Waals surface area contributed by atoms with E-state index in [1.807, 2.05) is 0 Å². The van der Waals surface area contributed by atoms with E-state index in [2.05, 4.69) is 0 Å². The molecular weight excluding hydrogens is 476 g/mol. The van der Waals surface area contributed by atoms with Crippen molar-refractivity contribution in [3.05, 3.63) is 0 Å². The fourth-order valence-corrected chi connectivity index (χ4v) is 1.81. The second-order valence-electron chi connectivity index (χ2n) is 5.73. The minimum Gasteiger partial charge on any atom is -0.288 e. The molecule has 2 nitrogen and oxygen atoms in total. The first kappa shape index (κ1) is 28.8. The third-order valence-corrected chi connectivity index (χ3v) is 3.80. The van der Waals surface area contributed by atoms with E-state index in [4.69, 9.17) is 0 Å². The lowest BCUT2D eigenvalue weighted by Gasteiger charge is -2.42. The van der Waals surface area contributed by atoms with Crippen LogP contribution in [0.1, 0.15) is 0 Å². The lowest BCUT2D eigenvalue weighted by Crippen LogP contribution is -2.73. The van der Waals surface area contributed by atoms with Crippen molar-refractivity contribution in [3.8, 4) is 0 Å². The van der Waals surface area contributed by atoms with Crippen molar-refractivity contribution in [1.29, 1.82) is 0 Å². The average molecular weight is 488 g/mol. The Morgan fingerprint density at radius 3 is 1.23 bits per heavy atom. The van der Waals surface area contributed by atoms with Gasteiger partial charge >= 0.3 is 35.7 Å². The molecule has 0 heterocycles. The predicted molar refractivity (Wildman–Crippen MR) is 67.4 cm³/mol. The van der Waals surface area contributed by atoms with E-state index in [0.717, 1.165) is 5.32 Å². The minimum atomic E-state index is -8.17. The number of hydrogen-bond donors (Lipinski definition) is 2. The second-order valence-corrected chi connectivity index (χ2v) is 5.73. The molecule has 4 atom stereocenters. The summed E-state index contributed by atoms with van der Waals surface area (Å²) in [5, 5.41) is 1.21. The van der Waals surface area contributed by atoms with Crippen molar-refractivity contribution in [2.75, 3.05) is 14.1 Å². The molecule has 182 valence electrons. The maximum atomic E-state index is 13.4. The number of rotatable bonds is 11. The predicted octanol–water partition coefficient (Wildman–Crippen LogP) is 4.50. The molecule has 18 heteroatoms. The molecular formula is C12H12F16N2. The molecule has 0 aromatic carbocycles. The van der Waals surface area contributed by atoms with Gasteiger partial charge in [-0.1, -0.05) is 0 Å². The summed E-state index contributed by atoms with van der Waals surface area (Å²) in [4.78, 5) is 0. The molecule has 2 N–H and O–H groups in total. The fraction of sp³-hybridized carbons (Fsp3) is 1.00. The van der Waals surface area contributed by atoms with E-state index in [1.165, 1.54) is 0 Å². The van der Waals surface area contributed by atoms with Crippen LogP contribution in [0.3, 0.4) is 0 Å². The van der Waals surface area contributed by atoms with Crippen molar-refractivity contribution < 1.29 is 70.2 Å². The molecule has 0 fully saturated rings. The Labute approximate surface area is 157 Å². The molecule has 4 unspecified atom stereocenters. The van der Waals surface area contributed by atoms with Gasteiger partial charge in [-0.2, -0.15) is 52.7 Å². The SMILES string of the molecule is CNC(F)C(F)C(F)C(F)C(F)(F)C(F)(F)C(F)(F)C(F)(F)C(F)(F)C(F)(F)NC. The zero-order valence-electron chi connectivity index (χ0n) is 14.4. The Bertz CT molecular complexity index is 579. The Hall–Kier alpha value is -1.20. The standard InChI is InChI=1S/C12H12F16N2/c1-29-6(16)4(14)3(13)5(15)7(17,18)8(19,20)9(21,22)10(23,24)11(25,26)12(27,28)30-2/h3-6,29-30H,1-2H3. The van der Waals surface area contributed by atoms with Gasteiger partial charge in [0, 0.05) is 0 Å². The second kappa shape index (κ2) is 8.38. The number of hydrogen-bond acceptors (Lipinski definition) is 2. The summed E-state index contributed by atoms with van der Waals surface area (Å²) in [7, 11) is 0.249. The number of alkyl halides is 16. The molecule has 0 amide bonds. The third kappa shape index (κ3) is 4.00. The van der Waals surface area contributed by atoms with E-state index in [9.17, 15) is 70.2 Å². The first-order chi connectivity index (χ1) is 13.0. The Morgan fingerprint density at radius 1 is 0.533 bits per heavy atom. The molecule has 0 aliphatic carbocycles. The van der Waals surface area contributed by atoms with Gasteiger partial charge in [-0.15, -0.1) is 0 Å². The van der Waals surface area contributed by atoms with Gasteiger partial charge in [0.15, 0.2) is 18.6 Å². The highest BCUT2D eigenvalue weighted by molar-refractivity contribution is 5.13. The van der Waals surface area contributed by atoms with Gasteiger partial charge < -0.3 is 0 Å². The molecule has 0 aromatic rings. The van der Waals surface area contributed by atoms with Crippen LogP contribution in [-0.4, -0.2) is 74.6 Å². The van der Waals surface area contributed by atoms with Gasteiger partial charge in [0.2, 0.25) is 6.17 Å². The van der Waals surface area contributed by atoms with Crippen molar-refractivity contribution in [2.45, 2.75) is 60.5 Å². The van der Waals surface area contributed by atoms with Crippen molar-refractivity contribution in [2.24, 2.45) is 0 Å². The lowest BCUT2D eigenvalue weighted by atomic mass is 9.89. The summed E-state index contributed by atoms with van der Waals surface area (Å²) in [5.74, 6) is -39.1. The smallest absolute Gasteiger partial charge is 0.288 e. The maximum Gasteiger partial charge on any atom is 0.392 e. The summed E-state index contributed by atoms with van der Waals surface area (Å²) in [6.45, 7) is 0. The highest BCUT2D eigenvalue weighted by Crippen LogP contribution is 2.60. The number of halogens is 16. The van der Waals surface area contributed by atoms with Gasteiger partial charge in [0.05, 0.1) is 0 Å². The zero-order chi connectivity index (χ0) is 24.7. The fourth-order valence-electron chi connectivity index (χ4n) is 1.81. The third-order valence-electron chi connectivity index (χ3n) is 3.80. The van der Waals surface area contributed by atoms with Gasteiger partial charge in [-0.25, -0.2) is 17.6 Å². The van der Waals surface area contributed by atoms with Gasteiger partial charge in [-0.05, 0) is 14.1 Å². The lowest BCUT2D eigenvalue weighted by molar-refractivity contribution is -0.432. The molecule has 0 spiro atoms. The summed E-state index contributed by atoms with van der Waals surface area (Å²) in [6.07, 6.45) is -17.7. The van der Waals surface area contributed by atoms with Crippen LogP contribution in [0, 0.1) is 0 Å². The van der Waals surface area contributed by atoms with Gasteiger partial charge in [0.25, 0.3) is 0 Å². The molecule has 0 aliphatic rings. The van der Waals surface area contributed by atoms with Crippen LogP contribution in [0.15, 0.2) is 0 Å². The van der Waals surface area contributed by atoms with Gasteiger partial charge in [0.1, 0.15) is 0 Å². The van der Waals surface area contributed by atoms with Crippen LogP contribution in [0.2, 0.25) is 0 Å². The first-order valence-corrected chi connectivity index (χ1v) is 7.22. The molecule has 0 bridgehead atoms. The highest BCUT2D eigenvalue weighted by atomic mass is 19.4. The summed E-state index contributed by atoms with van der Waals surface area (Å²) in [6, 6.07) is -6.39. The van der Waals surface area contributed by atoms with E-state index >= 15 is 0 Å². The van der Waals surface area contributed by atoms with E-state index in [1.54, 1.807) is 0 Å². The first-order valence-electron chi connectivity index (χ1n) is 7.22. The average Bonchev–Trinajstić information content (AvgIpc) is 2.64. The monoisotopic (exact) mass is 488 g/mol. The van der Waals surface area contributed by atoms with Crippen LogP contribution >= 0.6 is 0 Å². The molecule has 0 radical (unpaired) electrons. The van der Waals surface area contributed by atoms with Crippen LogP contribution in [0.4, 0.5) is 70.2 Å².